The molecule has 0 unspecified atom stereocenters. The van der Waals surface area contributed by atoms with Crippen molar-refractivity contribution in [1.29, 1.82) is 0 Å². The number of methoxy groups -OCH3 is 1. The SMILES string of the molecule is COc1nc2c(cc1C(=O)N1CC=C(c3ccc(F)cc3)CC1)CCC2. The average molecular weight is 352 g/mol. The van der Waals surface area contributed by atoms with Gasteiger partial charge in [0.2, 0.25) is 5.88 Å². The number of aryl methyl sites for hydroxylation is 2. The monoisotopic (exact) mass is 352 g/mol. The minimum atomic E-state index is -0.238. The molecule has 0 N–H and O–H groups in total. The normalized spacial score (nSPS) is 16.2. The number of pyridine rings is 1. The van der Waals surface area contributed by atoms with E-state index in [1.807, 2.05) is 17.0 Å². The van der Waals surface area contributed by atoms with Gasteiger partial charge in [0.25, 0.3) is 5.91 Å². The molecule has 0 fully saturated rings. The molecule has 1 aliphatic heterocycles. The fourth-order valence-corrected chi connectivity index (χ4v) is 3.71. The molecule has 0 saturated carbocycles. The van der Waals surface area contributed by atoms with Crippen LogP contribution in [0.3, 0.4) is 0 Å². The van der Waals surface area contributed by atoms with Gasteiger partial charge >= 0.3 is 0 Å². The first-order valence-electron chi connectivity index (χ1n) is 8.97. The lowest BCUT2D eigenvalue weighted by molar-refractivity contribution is 0.0768. The van der Waals surface area contributed by atoms with E-state index in [-0.39, 0.29) is 11.7 Å². The lowest BCUT2D eigenvalue weighted by Crippen LogP contribution is -2.35. The molecule has 134 valence electrons. The lowest BCUT2D eigenvalue weighted by Gasteiger charge is -2.27. The second-order valence-electron chi connectivity index (χ2n) is 6.74. The topological polar surface area (TPSA) is 42.4 Å². The molecule has 0 atom stereocenters. The summed E-state index contributed by atoms with van der Waals surface area (Å²) in [5.41, 5.74) is 4.92. The number of ether oxygens (including phenoxy) is 1. The maximum absolute atomic E-state index is 13.1. The molecule has 5 heteroatoms. The van der Waals surface area contributed by atoms with Crippen molar-refractivity contribution in [3.63, 3.8) is 0 Å². The summed E-state index contributed by atoms with van der Waals surface area (Å²) in [5.74, 6) is 0.139. The van der Waals surface area contributed by atoms with Gasteiger partial charge in [0.15, 0.2) is 0 Å². The zero-order valence-electron chi connectivity index (χ0n) is 14.8. The van der Waals surface area contributed by atoms with Crippen LogP contribution < -0.4 is 4.74 Å². The first-order chi connectivity index (χ1) is 12.7. The second-order valence-corrected chi connectivity index (χ2v) is 6.74. The van der Waals surface area contributed by atoms with Crippen LogP contribution in [0, 0.1) is 5.82 Å². The van der Waals surface area contributed by atoms with Crippen LogP contribution in [0.4, 0.5) is 4.39 Å². The number of carbonyl (C=O) groups is 1. The molecule has 1 aromatic heterocycles. The Kier molecular flexibility index (Phi) is 4.45. The number of hydrogen-bond donors (Lipinski definition) is 0. The Balaban J connectivity index is 1.54. The van der Waals surface area contributed by atoms with Crippen molar-refractivity contribution in [1.82, 2.24) is 9.88 Å². The standard InChI is InChI=1S/C21H21FN2O2/c1-26-20-18(13-16-3-2-4-19(16)23-20)21(25)24-11-9-15(10-12-24)14-5-7-17(22)8-6-14/h5-9,13H,2-4,10-12H2,1H3. The molecule has 1 amide bonds. The van der Waals surface area contributed by atoms with Gasteiger partial charge in [-0.2, -0.15) is 0 Å². The Morgan fingerprint density at radius 2 is 2.00 bits per heavy atom. The third-order valence-corrected chi connectivity index (χ3v) is 5.15. The molecule has 1 aromatic carbocycles. The van der Waals surface area contributed by atoms with Gasteiger partial charge in [-0.05, 0) is 60.6 Å². The predicted octanol–water partition coefficient (Wildman–Crippen LogP) is 3.65. The number of nitrogens with zero attached hydrogens (tertiary/aromatic N) is 2. The highest BCUT2D eigenvalue weighted by atomic mass is 19.1. The number of rotatable bonds is 3. The Labute approximate surface area is 152 Å². The third-order valence-electron chi connectivity index (χ3n) is 5.15. The Morgan fingerprint density at radius 1 is 1.19 bits per heavy atom. The van der Waals surface area contributed by atoms with Crippen LogP contribution in [0.1, 0.15) is 40.0 Å². The van der Waals surface area contributed by atoms with Crippen molar-refractivity contribution in [2.45, 2.75) is 25.7 Å². The van der Waals surface area contributed by atoms with E-state index in [1.54, 1.807) is 19.2 Å². The van der Waals surface area contributed by atoms with Crippen LogP contribution in [0.2, 0.25) is 0 Å². The van der Waals surface area contributed by atoms with E-state index in [0.29, 0.717) is 24.5 Å². The zero-order chi connectivity index (χ0) is 18.1. The molecule has 2 aromatic rings. The summed E-state index contributed by atoms with van der Waals surface area (Å²) in [7, 11) is 1.56. The summed E-state index contributed by atoms with van der Waals surface area (Å²) < 4.78 is 18.5. The van der Waals surface area contributed by atoms with E-state index in [9.17, 15) is 9.18 Å². The maximum Gasteiger partial charge on any atom is 0.259 e. The number of benzene rings is 1. The molecular formula is C21H21FN2O2. The number of amides is 1. The molecule has 26 heavy (non-hydrogen) atoms. The number of hydrogen-bond acceptors (Lipinski definition) is 3. The van der Waals surface area contributed by atoms with E-state index in [2.05, 4.69) is 4.98 Å². The minimum absolute atomic E-state index is 0.0431. The van der Waals surface area contributed by atoms with Gasteiger partial charge in [0, 0.05) is 18.8 Å². The molecule has 2 heterocycles. The quantitative estimate of drug-likeness (QED) is 0.847. The van der Waals surface area contributed by atoms with Gasteiger partial charge in [-0.1, -0.05) is 18.2 Å². The smallest absolute Gasteiger partial charge is 0.259 e. The first kappa shape index (κ1) is 16.8. The molecule has 0 bridgehead atoms. The lowest BCUT2D eigenvalue weighted by atomic mass is 9.99. The summed E-state index contributed by atoms with van der Waals surface area (Å²) >= 11 is 0. The Hall–Kier alpha value is -2.69. The molecular weight excluding hydrogens is 331 g/mol. The Morgan fingerprint density at radius 3 is 2.69 bits per heavy atom. The van der Waals surface area contributed by atoms with Crippen LogP contribution in [0.5, 0.6) is 5.88 Å². The number of fused-ring (bicyclic) bond motifs is 1. The van der Waals surface area contributed by atoms with E-state index in [0.717, 1.165) is 48.1 Å². The van der Waals surface area contributed by atoms with Crippen molar-refractivity contribution in [2.75, 3.05) is 20.2 Å². The summed E-state index contributed by atoms with van der Waals surface area (Å²) in [6, 6.07) is 8.46. The molecule has 0 saturated heterocycles. The molecule has 0 spiro atoms. The van der Waals surface area contributed by atoms with Crippen molar-refractivity contribution in [3.05, 3.63) is 64.6 Å². The van der Waals surface area contributed by atoms with Crippen LogP contribution in [0.15, 0.2) is 36.4 Å². The van der Waals surface area contributed by atoms with Gasteiger partial charge in [0.05, 0.1) is 7.11 Å². The van der Waals surface area contributed by atoms with Crippen molar-refractivity contribution < 1.29 is 13.9 Å². The van der Waals surface area contributed by atoms with Crippen molar-refractivity contribution in [3.8, 4) is 5.88 Å². The summed E-state index contributed by atoms with van der Waals surface area (Å²) in [4.78, 5) is 19.3. The van der Waals surface area contributed by atoms with Crippen LogP contribution in [-0.2, 0) is 12.8 Å². The molecule has 2 aliphatic rings. The molecule has 4 rings (SSSR count). The predicted molar refractivity (Wildman–Crippen MR) is 97.7 cm³/mol. The summed E-state index contributed by atoms with van der Waals surface area (Å²) in [6.45, 7) is 1.16. The van der Waals surface area contributed by atoms with Gasteiger partial charge in [0.1, 0.15) is 11.4 Å². The van der Waals surface area contributed by atoms with Gasteiger partial charge < -0.3 is 9.64 Å². The number of carbonyl (C=O) groups excluding carboxylic acids is 1. The van der Waals surface area contributed by atoms with Gasteiger partial charge in [-0.25, -0.2) is 9.37 Å². The highest BCUT2D eigenvalue weighted by Gasteiger charge is 2.25. The maximum atomic E-state index is 13.1. The van der Waals surface area contributed by atoms with Gasteiger partial charge in [-0.3, -0.25) is 4.79 Å². The minimum Gasteiger partial charge on any atom is -0.480 e. The van der Waals surface area contributed by atoms with Crippen molar-refractivity contribution >= 4 is 11.5 Å². The number of aromatic nitrogens is 1. The fourth-order valence-electron chi connectivity index (χ4n) is 3.71. The zero-order valence-corrected chi connectivity index (χ0v) is 14.8. The average Bonchev–Trinajstić information content (AvgIpc) is 3.14. The van der Waals surface area contributed by atoms with Crippen molar-refractivity contribution in [2.24, 2.45) is 0 Å². The first-order valence-corrected chi connectivity index (χ1v) is 8.97. The summed E-state index contributed by atoms with van der Waals surface area (Å²) in [5, 5.41) is 0. The highest BCUT2D eigenvalue weighted by Crippen LogP contribution is 2.29. The molecule has 0 radical (unpaired) electrons. The molecule has 4 nitrogen and oxygen atoms in total. The Bertz CT molecular complexity index is 874. The second kappa shape index (κ2) is 6.90. The largest absolute Gasteiger partial charge is 0.480 e. The summed E-state index contributed by atoms with van der Waals surface area (Å²) in [6.07, 6.45) is 5.80. The van der Waals surface area contributed by atoms with Crippen LogP contribution in [0.25, 0.3) is 5.57 Å². The van der Waals surface area contributed by atoms with E-state index >= 15 is 0 Å². The highest BCUT2D eigenvalue weighted by molar-refractivity contribution is 5.97. The number of halogens is 1. The van der Waals surface area contributed by atoms with E-state index < -0.39 is 0 Å². The van der Waals surface area contributed by atoms with E-state index in [4.69, 9.17) is 4.74 Å². The van der Waals surface area contributed by atoms with E-state index in [1.165, 1.54) is 12.1 Å². The van der Waals surface area contributed by atoms with Crippen LogP contribution >= 0.6 is 0 Å². The fraction of sp³-hybridized carbons (Fsp3) is 0.333. The third kappa shape index (κ3) is 3.09. The van der Waals surface area contributed by atoms with Gasteiger partial charge in [-0.15, -0.1) is 0 Å². The molecule has 1 aliphatic carbocycles. The van der Waals surface area contributed by atoms with Crippen LogP contribution in [-0.4, -0.2) is 36.0 Å².